The molecule has 0 fully saturated rings. The topological polar surface area (TPSA) is 70.7 Å². The lowest BCUT2D eigenvalue weighted by Gasteiger charge is -2.04. The average Bonchev–Trinajstić information content (AvgIpc) is 2.85. The number of hydrogen-bond acceptors (Lipinski definition) is 3. The predicted octanol–water partition coefficient (Wildman–Crippen LogP) is 1.06. The van der Waals surface area contributed by atoms with Crippen LogP contribution in [0.15, 0.2) is 24.5 Å². The van der Waals surface area contributed by atoms with E-state index >= 15 is 0 Å². The highest BCUT2D eigenvalue weighted by Gasteiger charge is 2.09. The van der Waals surface area contributed by atoms with Gasteiger partial charge in [0.05, 0.1) is 0 Å². The minimum Gasteiger partial charge on any atom is -0.352 e. The molecule has 94 valence electrons. The van der Waals surface area contributed by atoms with Crippen molar-refractivity contribution in [3.05, 3.63) is 47.5 Å². The van der Waals surface area contributed by atoms with Gasteiger partial charge in [-0.3, -0.25) is 9.89 Å². The fraction of sp³-hybridized carbons (Fsp3) is 0.182. The number of H-pyrrole nitrogens is 1. The zero-order chi connectivity index (χ0) is 13.0. The molecule has 0 unspecified atom stereocenters. The number of carbonyl (C=O) groups excluding carboxylic acids is 1. The van der Waals surface area contributed by atoms with E-state index in [4.69, 9.17) is 0 Å². The Morgan fingerprint density at radius 2 is 2.17 bits per heavy atom. The van der Waals surface area contributed by atoms with E-state index in [-0.39, 0.29) is 5.56 Å². The molecular weight excluding hydrogens is 242 g/mol. The Morgan fingerprint density at radius 3 is 2.83 bits per heavy atom. The maximum atomic E-state index is 12.9. The molecule has 0 atom stereocenters. The van der Waals surface area contributed by atoms with Crippen LogP contribution in [0.1, 0.15) is 16.2 Å². The van der Waals surface area contributed by atoms with Crippen molar-refractivity contribution in [2.75, 3.05) is 6.54 Å². The number of benzene rings is 1. The van der Waals surface area contributed by atoms with Crippen LogP contribution in [0.4, 0.5) is 8.78 Å². The lowest BCUT2D eigenvalue weighted by atomic mass is 10.2. The first-order valence-corrected chi connectivity index (χ1v) is 5.24. The number of halogens is 2. The molecule has 0 aliphatic heterocycles. The van der Waals surface area contributed by atoms with E-state index < -0.39 is 17.5 Å². The van der Waals surface area contributed by atoms with Crippen LogP contribution in [0.3, 0.4) is 0 Å². The van der Waals surface area contributed by atoms with Gasteiger partial charge in [-0.05, 0) is 18.2 Å². The summed E-state index contributed by atoms with van der Waals surface area (Å²) >= 11 is 0. The van der Waals surface area contributed by atoms with Crippen LogP contribution in [-0.2, 0) is 6.42 Å². The number of aromatic amines is 1. The summed E-state index contributed by atoms with van der Waals surface area (Å²) < 4.78 is 25.6. The maximum Gasteiger partial charge on any atom is 0.251 e. The second-order valence-electron chi connectivity index (χ2n) is 3.57. The van der Waals surface area contributed by atoms with E-state index in [0.29, 0.717) is 18.8 Å². The number of hydrogen-bond donors (Lipinski definition) is 2. The number of carbonyl (C=O) groups is 1. The Bertz CT molecular complexity index is 542. The lowest BCUT2D eigenvalue weighted by molar-refractivity contribution is 0.0953. The summed E-state index contributed by atoms with van der Waals surface area (Å²) in [6, 6.07) is 3.00. The van der Waals surface area contributed by atoms with Crippen LogP contribution in [0.2, 0.25) is 0 Å². The van der Waals surface area contributed by atoms with Gasteiger partial charge in [-0.1, -0.05) is 0 Å². The highest BCUT2D eigenvalue weighted by molar-refractivity contribution is 5.94. The summed E-state index contributed by atoms with van der Waals surface area (Å²) in [4.78, 5) is 15.5. The van der Waals surface area contributed by atoms with E-state index in [1.165, 1.54) is 12.4 Å². The number of nitrogens with one attached hydrogen (secondary N) is 2. The van der Waals surface area contributed by atoms with Crippen molar-refractivity contribution in [3.8, 4) is 0 Å². The van der Waals surface area contributed by atoms with E-state index in [0.717, 1.165) is 12.1 Å². The average molecular weight is 252 g/mol. The minimum absolute atomic E-state index is 0.0754. The molecule has 0 aliphatic carbocycles. The van der Waals surface area contributed by atoms with Crippen molar-refractivity contribution < 1.29 is 13.6 Å². The second kappa shape index (κ2) is 5.35. The molecule has 2 rings (SSSR count). The van der Waals surface area contributed by atoms with E-state index in [1.807, 2.05) is 0 Å². The maximum absolute atomic E-state index is 12.9. The van der Waals surface area contributed by atoms with Crippen molar-refractivity contribution in [3.63, 3.8) is 0 Å². The van der Waals surface area contributed by atoms with E-state index in [2.05, 4.69) is 20.5 Å². The summed E-state index contributed by atoms with van der Waals surface area (Å²) in [5.41, 5.74) is 0.0754. The second-order valence-corrected chi connectivity index (χ2v) is 3.57. The van der Waals surface area contributed by atoms with Crippen LogP contribution in [0, 0.1) is 11.6 Å². The van der Waals surface area contributed by atoms with Gasteiger partial charge in [-0.15, -0.1) is 0 Å². The van der Waals surface area contributed by atoms with Crippen LogP contribution >= 0.6 is 0 Å². The highest BCUT2D eigenvalue weighted by atomic mass is 19.2. The molecule has 0 saturated heterocycles. The third-order valence-corrected chi connectivity index (χ3v) is 2.29. The summed E-state index contributed by atoms with van der Waals surface area (Å²) in [5, 5.41) is 8.87. The van der Waals surface area contributed by atoms with Gasteiger partial charge in [-0.25, -0.2) is 13.8 Å². The lowest BCUT2D eigenvalue weighted by Crippen LogP contribution is -2.26. The molecule has 7 heteroatoms. The highest BCUT2D eigenvalue weighted by Crippen LogP contribution is 2.08. The fourth-order valence-electron chi connectivity index (χ4n) is 1.39. The van der Waals surface area contributed by atoms with Crippen molar-refractivity contribution >= 4 is 5.91 Å². The van der Waals surface area contributed by atoms with Crippen LogP contribution in [0.5, 0.6) is 0 Å². The van der Waals surface area contributed by atoms with E-state index in [9.17, 15) is 13.6 Å². The van der Waals surface area contributed by atoms with Gasteiger partial charge in [0.1, 0.15) is 12.2 Å². The predicted molar refractivity (Wildman–Crippen MR) is 58.8 cm³/mol. The molecule has 0 bridgehead atoms. The van der Waals surface area contributed by atoms with Gasteiger partial charge >= 0.3 is 0 Å². The van der Waals surface area contributed by atoms with Gasteiger partial charge in [0.2, 0.25) is 0 Å². The zero-order valence-corrected chi connectivity index (χ0v) is 9.28. The third kappa shape index (κ3) is 2.88. The molecule has 2 N–H and O–H groups in total. The molecule has 1 heterocycles. The van der Waals surface area contributed by atoms with Gasteiger partial charge < -0.3 is 5.32 Å². The molecule has 0 aliphatic rings. The van der Waals surface area contributed by atoms with Gasteiger partial charge in [0.15, 0.2) is 11.6 Å². The van der Waals surface area contributed by atoms with Gasteiger partial charge in [0.25, 0.3) is 5.91 Å². The molecule has 1 aromatic carbocycles. The minimum atomic E-state index is -1.04. The molecule has 2 aromatic rings. The third-order valence-electron chi connectivity index (χ3n) is 2.29. The number of aromatic nitrogens is 3. The molecule has 0 saturated carbocycles. The first-order chi connectivity index (χ1) is 8.66. The first kappa shape index (κ1) is 12.2. The number of nitrogens with zero attached hydrogens (tertiary/aromatic N) is 2. The summed E-state index contributed by atoms with van der Waals surface area (Å²) in [7, 11) is 0. The Balaban J connectivity index is 1.89. The molecule has 0 spiro atoms. The molecule has 5 nitrogen and oxygen atoms in total. The smallest absolute Gasteiger partial charge is 0.251 e. The summed E-state index contributed by atoms with van der Waals surface area (Å²) in [5.74, 6) is -1.85. The fourth-order valence-corrected chi connectivity index (χ4v) is 1.39. The quantitative estimate of drug-likeness (QED) is 0.854. The standard InChI is InChI=1S/C11H10F2N4O/c12-8-2-1-7(5-9(8)13)11(18)14-4-3-10-15-6-16-17-10/h1-2,5-6H,3-4H2,(H,14,18)(H,15,16,17). The van der Waals surface area contributed by atoms with Crippen LogP contribution in [0.25, 0.3) is 0 Å². The van der Waals surface area contributed by atoms with Crippen molar-refractivity contribution in [2.45, 2.75) is 6.42 Å². The van der Waals surface area contributed by atoms with Gasteiger partial charge in [0, 0.05) is 18.5 Å². The SMILES string of the molecule is O=C(NCCc1ncn[nH]1)c1ccc(F)c(F)c1. The monoisotopic (exact) mass is 252 g/mol. The van der Waals surface area contributed by atoms with Crippen LogP contribution < -0.4 is 5.32 Å². The summed E-state index contributed by atoms with van der Waals surface area (Å²) in [6.07, 6.45) is 1.85. The normalized spacial score (nSPS) is 10.3. The molecule has 1 aromatic heterocycles. The first-order valence-electron chi connectivity index (χ1n) is 5.24. The molecular formula is C11H10F2N4O. The Labute approximate surface area is 101 Å². The molecule has 0 radical (unpaired) electrons. The number of rotatable bonds is 4. The zero-order valence-electron chi connectivity index (χ0n) is 9.28. The molecule has 18 heavy (non-hydrogen) atoms. The molecule has 1 amide bonds. The Kier molecular flexibility index (Phi) is 3.61. The van der Waals surface area contributed by atoms with Crippen LogP contribution in [-0.4, -0.2) is 27.6 Å². The van der Waals surface area contributed by atoms with Crippen molar-refractivity contribution in [1.29, 1.82) is 0 Å². The Morgan fingerprint density at radius 1 is 1.33 bits per heavy atom. The van der Waals surface area contributed by atoms with Crippen molar-refractivity contribution in [2.24, 2.45) is 0 Å². The largest absolute Gasteiger partial charge is 0.352 e. The summed E-state index contributed by atoms with van der Waals surface area (Å²) in [6.45, 7) is 0.326. The number of amides is 1. The Hall–Kier alpha value is -2.31. The van der Waals surface area contributed by atoms with Crippen molar-refractivity contribution in [1.82, 2.24) is 20.5 Å². The van der Waals surface area contributed by atoms with Gasteiger partial charge in [-0.2, -0.15) is 5.10 Å². The van der Waals surface area contributed by atoms with E-state index in [1.54, 1.807) is 0 Å².